The largest absolute Gasteiger partial charge is 0.454 e. The second kappa shape index (κ2) is 10.4. The van der Waals surface area contributed by atoms with Gasteiger partial charge in [-0.25, -0.2) is 9.38 Å². The van der Waals surface area contributed by atoms with Gasteiger partial charge in [0.05, 0.1) is 0 Å². The lowest BCUT2D eigenvalue weighted by atomic mass is 10.1. The summed E-state index contributed by atoms with van der Waals surface area (Å²) in [7, 11) is 1.92. The van der Waals surface area contributed by atoms with E-state index >= 15 is 0 Å². The van der Waals surface area contributed by atoms with Gasteiger partial charge in [-0.2, -0.15) is 0 Å². The van der Waals surface area contributed by atoms with E-state index in [0.29, 0.717) is 31.2 Å². The molecule has 0 amide bonds. The molecule has 2 aromatic carbocycles. The highest BCUT2D eigenvalue weighted by molar-refractivity contribution is 5.79. The lowest BCUT2D eigenvalue weighted by Crippen LogP contribution is -2.38. The van der Waals surface area contributed by atoms with Crippen molar-refractivity contribution in [2.24, 2.45) is 12.0 Å². The minimum absolute atomic E-state index is 0.215. The molecule has 0 radical (unpaired) electrons. The summed E-state index contributed by atoms with van der Waals surface area (Å²) in [5, 5.41) is 14.6. The number of rotatable bonds is 8. The molecule has 0 atom stereocenters. The molecule has 0 aliphatic carbocycles. The fourth-order valence-electron chi connectivity index (χ4n) is 2.80. The molecule has 0 aliphatic rings. The summed E-state index contributed by atoms with van der Waals surface area (Å²) in [4.78, 5) is 4.54. The number of guanidine groups is 1. The van der Waals surface area contributed by atoms with Crippen LogP contribution in [0.3, 0.4) is 0 Å². The molecule has 1 heterocycles. The zero-order valence-electron chi connectivity index (χ0n) is 17.5. The number of aryl methyl sites for hydroxylation is 1. The predicted molar refractivity (Wildman–Crippen MR) is 115 cm³/mol. The number of ether oxygens (including phenoxy) is 1. The standard InChI is InChI=1S/C22H27FN6O/c1-4-24-22(26-15-21-28-27-16(2)29(21)3)25-13-12-17-10-11-20(19(23)14-17)30-18-8-6-5-7-9-18/h5-11,14H,4,12-13,15H2,1-3H3,(H2,24,25,26). The quantitative estimate of drug-likeness (QED) is 0.440. The molecule has 0 unspecified atom stereocenters. The van der Waals surface area contributed by atoms with Gasteiger partial charge < -0.3 is 19.9 Å². The SMILES string of the molecule is CCNC(=NCc1nnc(C)n1C)NCCc1ccc(Oc2ccccc2)c(F)c1. The Labute approximate surface area is 176 Å². The molecule has 30 heavy (non-hydrogen) atoms. The van der Waals surface area contributed by atoms with E-state index in [9.17, 15) is 4.39 Å². The van der Waals surface area contributed by atoms with E-state index in [1.165, 1.54) is 6.07 Å². The van der Waals surface area contributed by atoms with Crippen molar-refractivity contribution < 1.29 is 9.13 Å². The Bertz CT molecular complexity index is 987. The van der Waals surface area contributed by atoms with Gasteiger partial charge in [0.15, 0.2) is 23.4 Å². The first-order valence-corrected chi connectivity index (χ1v) is 9.95. The average Bonchev–Trinajstić information content (AvgIpc) is 3.07. The first-order valence-electron chi connectivity index (χ1n) is 9.95. The maximum Gasteiger partial charge on any atom is 0.191 e. The van der Waals surface area contributed by atoms with Crippen LogP contribution in [-0.2, 0) is 20.0 Å². The van der Waals surface area contributed by atoms with Crippen LogP contribution in [0, 0.1) is 12.7 Å². The summed E-state index contributed by atoms with van der Waals surface area (Å²) in [6.45, 7) is 5.68. The van der Waals surface area contributed by atoms with E-state index < -0.39 is 0 Å². The van der Waals surface area contributed by atoms with Crippen LogP contribution in [0.25, 0.3) is 0 Å². The molecular weight excluding hydrogens is 383 g/mol. The first-order chi connectivity index (χ1) is 14.6. The van der Waals surface area contributed by atoms with Crippen LogP contribution >= 0.6 is 0 Å². The normalized spacial score (nSPS) is 11.4. The fraction of sp³-hybridized carbons (Fsp3) is 0.318. The monoisotopic (exact) mass is 410 g/mol. The number of para-hydroxylation sites is 1. The summed E-state index contributed by atoms with van der Waals surface area (Å²) >= 11 is 0. The van der Waals surface area contributed by atoms with Crippen LogP contribution in [-0.4, -0.2) is 33.8 Å². The molecule has 0 saturated heterocycles. The van der Waals surface area contributed by atoms with Crippen LogP contribution in [0.2, 0.25) is 0 Å². The third-order valence-corrected chi connectivity index (χ3v) is 4.58. The van der Waals surface area contributed by atoms with Crippen LogP contribution in [0.5, 0.6) is 11.5 Å². The smallest absolute Gasteiger partial charge is 0.191 e. The Hall–Kier alpha value is -3.42. The predicted octanol–water partition coefficient (Wildman–Crippen LogP) is 3.35. The van der Waals surface area contributed by atoms with Crippen molar-refractivity contribution in [1.82, 2.24) is 25.4 Å². The number of nitrogens with zero attached hydrogens (tertiary/aromatic N) is 4. The van der Waals surface area contributed by atoms with Crippen LogP contribution in [0.1, 0.15) is 24.1 Å². The van der Waals surface area contributed by atoms with E-state index in [0.717, 1.165) is 23.8 Å². The third-order valence-electron chi connectivity index (χ3n) is 4.58. The van der Waals surface area contributed by atoms with Crippen LogP contribution in [0.4, 0.5) is 4.39 Å². The molecule has 3 aromatic rings. The van der Waals surface area contributed by atoms with Gasteiger partial charge in [-0.3, -0.25) is 0 Å². The topological polar surface area (TPSA) is 76.4 Å². The summed E-state index contributed by atoms with van der Waals surface area (Å²) in [5.74, 6) is 2.76. The van der Waals surface area contributed by atoms with E-state index in [1.54, 1.807) is 18.2 Å². The van der Waals surface area contributed by atoms with Crippen molar-refractivity contribution in [1.29, 1.82) is 0 Å². The molecule has 0 fully saturated rings. The summed E-state index contributed by atoms with van der Waals surface area (Å²) < 4.78 is 21.9. The Balaban J connectivity index is 1.55. The Morgan fingerprint density at radius 3 is 2.60 bits per heavy atom. The van der Waals surface area contributed by atoms with Crippen molar-refractivity contribution >= 4 is 5.96 Å². The van der Waals surface area contributed by atoms with Gasteiger partial charge in [-0.05, 0) is 50.1 Å². The molecule has 3 rings (SSSR count). The zero-order valence-corrected chi connectivity index (χ0v) is 17.5. The van der Waals surface area contributed by atoms with Gasteiger partial charge in [0.25, 0.3) is 0 Å². The fourth-order valence-corrected chi connectivity index (χ4v) is 2.80. The average molecular weight is 410 g/mol. The number of hydrogen-bond acceptors (Lipinski definition) is 4. The first kappa shape index (κ1) is 21.3. The Morgan fingerprint density at radius 2 is 1.93 bits per heavy atom. The molecule has 158 valence electrons. The summed E-state index contributed by atoms with van der Waals surface area (Å²) in [6, 6.07) is 14.2. The van der Waals surface area contributed by atoms with Gasteiger partial charge in [0, 0.05) is 20.1 Å². The van der Waals surface area contributed by atoms with E-state index in [-0.39, 0.29) is 11.6 Å². The van der Waals surface area contributed by atoms with Gasteiger partial charge in [0.1, 0.15) is 18.1 Å². The van der Waals surface area contributed by atoms with Crippen molar-refractivity contribution in [2.45, 2.75) is 26.8 Å². The van der Waals surface area contributed by atoms with E-state index in [4.69, 9.17) is 4.74 Å². The highest BCUT2D eigenvalue weighted by atomic mass is 19.1. The lowest BCUT2D eigenvalue weighted by Gasteiger charge is -2.12. The summed E-state index contributed by atoms with van der Waals surface area (Å²) in [5.41, 5.74) is 0.875. The van der Waals surface area contributed by atoms with Crippen LogP contribution < -0.4 is 15.4 Å². The van der Waals surface area contributed by atoms with Gasteiger partial charge in [-0.15, -0.1) is 10.2 Å². The summed E-state index contributed by atoms with van der Waals surface area (Å²) in [6.07, 6.45) is 0.649. The van der Waals surface area contributed by atoms with Crippen molar-refractivity contribution in [3.05, 3.63) is 71.6 Å². The maximum atomic E-state index is 14.4. The zero-order chi connectivity index (χ0) is 21.3. The van der Waals surface area contributed by atoms with Gasteiger partial charge in [0.2, 0.25) is 0 Å². The minimum atomic E-state index is -0.380. The van der Waals surface area contributed by atoms with Crippen LogP contribution in [0.15, 0.2) is 53.5 Å². The molecule has 0 spiro atoms. The van der Waals surface area contributed by atoms with Crippen molar-refractivity contribution in [3.63, 3.8) is 0 Å². The number of nitrogens with one attached hydrogen (secondary N) is 2. The number of halogens is 1. The molecule has 8 heteroatoms. The van der Waals surface area contributed by atoms with Crippen molar-refractivity contribution in [2.75, 3.05) is 13.1 Å². The molecule has 7 nitrogen and oxygen atoms in total. The lowest BCUT2D eigenvalue weighted by molar-refractivity contribution is 0.441. The van der Waals surface area contributed by atoms with Gasteiger partial charge in [-0.1, -0.05) is 24.3 Å². The van der Waals surface area contributed by atoms with E-state index in [2.05, 4.69) is 25.8 Å². The highest BCUT2D eigenvalue weighted by Crippen LogP contribution is 2.24. The molecule has 0 saturated carbocycles. The Kier molecular flexibility index (Phi) is 7.37. The maximum absolute atomic E-state index is 14.4. The number of aliphatic imine (C=N–C) groups is 1. The van der Waals surface area contributed by atoms with Crippen molar-refractivity contribution in [3.8, 4) is 11.5 Å². The molecule has 0 bridgehead atoms. The highest BCUT2D eigenvalue weighted by Gasteiger charge is 2.07. The number of aromatic nitrogens is 3. The second-order valence-electron chi connectivity index (χ2n) is 6.77. The second-order valence-corrected chi connectivity index (χ2v) is 6.77. The minimum Gasteiger partial charge on any atom is -0.454 e. The number of hydrogen-bond donors (Lipinski definition) is 2. The third kappa shape index (κ3) is 5.79. The molecule has 2 N–H and O–H groups in total. The molecular formula is C22H27FN6O. The van der Waals surface area contributed by atoms with E-state index in [1.807, 2.05) is 49.7 Å². The molecule has 1 aromatic heterocycles. The Morgan fingerprint density at radius 1 is 1.13 bits per heavy atom. The molecule has 0 aliphatic heterocycles. The van der Waals surface area contributed by atoms with Gasteiger partial charge >= 0.3 is 0 Å². The number of benzene rings is 2.